The minimum absolute atomic E-state index is 0.0152. The minimum atomic E-state index is -0.158. The molecule has 1 amide bonds. The van der Waals surface area contributed by atoms with Crippen LogP contribution in [0.1, 0.15) is 12.8 Å². The fourth-order valence-electron chi connectivity index (χ4n) is 5.08. The summed E-state index contributed by atoms with van der Waals surface area (Å²) < 4.78 is 12.0. The molecule has 2 aromatic rings. The molecule has 8 nitrogen and oxygen atoms in total. The van der Waals surface area contributed by atoms with Crippen LogP contribution in [0.25, 0.3) is 0 Å². The summed E-state index contributed by atoms with van der Waals surface area (Å²) in [5, 5.41) is 3.04. The van der Waals surface area contributed by atoms with Gasteiger partial charge in [-0.05, 0) is 31.0 Å². The second kappa shape index (κ2) is 7.18. The van der Waals surface area contributed by atoms with Gasteiger partial charge < -0.3 is 25.4 Å². The third-order valence-electron chi connectivity index (χ3n) is 6.38. The van der Waals surface area contributed by atoms with Crippen molar-refractivity contribution in [1.29, 1.82) is 0 Å². The van der Waals surface area contributed by atoms with Gasteiger partial charge in [0.2, 0.25) is 5.95 Å². The maximum Gasteiger partial charge on any atom is 0.257 e. The van der Waals surface area contributed by atoms with Crippen LogP contribution < -0.4 is 20.7 Å². The number of aromatic nitrogens is 2. The highest BCUT2D eigenvalue weighted by Crippen LogP contribution is 2.54. The summed E-state index contributed by atoms with van der Waals surface area (Å²) in [6.45, 7) is 2.21. The molecule has 3 aliphatic heterocycles. The molecule has 2 bridgehead atoms. The van der Waals surface area contributed by atoms with E-state index in [-0.39, 0.29) is 30.1 Å². The smallest absolute Gasteiger partial charge is 0.257 e. The van der Waals surface area contributed by atoms with E-state index in [1.807, 2.05) is 30.3 Å². The standard InChI is InChI=1S/C21H25N5O3/c22-18-7-9-23-20(25-18)26-11-16-15(17-6-8-21(16,13-26)29-17)10-24-19(27)12-28-14-4-2-1-3-5-14/h1-5,7,9,15-17H,6,8,10-13H2,(H,24,27)(H2,22,23,25)/t15-,16+,17+,21+/m0/s1. The number of nitrogens with zero attached hydrogens (tertiary/aromatic N) is 3. The molecule has 3 N–H and O–H groups in total. The number of hydrogen-bond acceptors (Lipinski definition) is 7. The molecule has 0 unspecified atom stereocenters. The summed E-state index contributed by atoms with van der Waals surface area (Å²) in [5.41, 5.74) is 5.67. The predicted octanol–water partition coefficient (Wildman–Crippen LogP) is 1.24. The van der Waals surface area contributed by atoms with Gasteiger partial charge in [-0.1, -0.05) is 18.2 Å². The van der Waals surface area contributed by atoms with Crippen molar-refractivity contribution in [1.82, 2.24) is 15.3 Å². The summed E-state index contributed by atoms with van der Waals surface area (Å²) in [7, 11) is 0. The van der Waals surface area contributed by atoms with Gasteiger partial charge in [0.1, 0.15) is 11.6 Å². The molecule has 1 spiro atoms. The summed E-state index contributed by atoms with van der Waals surface area (Å²) in [6.07, 6.45) is 3.97. The molecule has 1 aromatic carbocycles. The minimum Gasteiger partial charge on any atom is -0.484 e. The third kappa shape index (κ3) is 3.37. The topological polar surface area (TPSA) is 103 Å². The molecule has 3 aliphatic rings. The van der Waals surface area contributed by atoms with Crippen LogP contribution in [0.4, 0.5) is 11.8 Å². The van der Waals surface area contributed by atoms with Crippen molar-refractivity contribution in [2.45, 2.75) is 24.5 Å². The maximum atomic E-state index is 12.3. The Balaban J connectivity index is 1.20. The molecule has 29 heavy (non-hydrogen) atoms. The zero-order valence-electron chi connectivity index (χ0n) is 16.2. The summed E-state index contributed by atoms with van der Waals surface area (Å²) >= 11 is 0. The molecule has 8 heteroatoms. The van der Waals surface area contributed by atoms with Crippen molar-refractivity contribution in [3.8, 4) is 5.75 Å². The van der Waals surface area contributed by atoms with Gasteiger partial charge in [-0.2, -0.15) is 4.98 Å². The molecule has 5 rings (SSSR count). The number of fused-ring (bicyclic) bond motifs is 1. The zero-order valence-corrected chi connectivity index (χ0v) is 16.2. The Labute approximate surface area is 169 Å². The average molecular weight is 395 g/mol. The van der Waals surface area contributed by atoms with Crippen LogP contribution in [-0.2, 0) is 9.53 Å². The van der Waals surface area contributed by atoms with Crippen LogP contribution in [-0.4, -0.2) is 53.8 Å². The molecule has 0 radical (unpaired) electrons. The highest BCUT2D eigenvalue weighted by Gasteiger charge is 2.63. The van der Waals surface area contributed by atoms with E-state index in [0.29, 0.717) is 30.0 Å². The highest BCUT2D eigenvalue weighted by atomic mass is 16.5. The Bertz CT molecular complexity index is 895. The molecule has 4 heterocycles. The number of nitrogens with two attached hydrogens (primary N) is 1. The summed E-state index contributed by atoms with van der Waals surface area (Å²) in [6, 6.07) is 11.1. The first-order chi connectivity index (χ1) is 14.1. The monoisotopic (exact) mass is 395 g/mol. The Morgan fingerprint density at radius 2 is 2.21 bits per heavy atom. The van der Waals surface area contributed by atoms with Gasteiger partial charge in [0.05, 0.1) is 18.2 Å². The van der Waals surface area contributed by atoms with Crippen molar-refractivity contribution >= 4 is 17.7 Å². The van der Waals surface area contributed by atoms with Crippen molar-refractivity contribution in [3.05, 3.63) is 42.6 Å². The number of nitrogens with one attached hydrogen (secondary N) is 1. The number of amides is 1. The van der Waals surface area contributed by atoms with E-state index in [2.05, 4.69) is 20.2 Å². The van der Waals surface area contributed by atoms with E-state index in [1.165, 1.54) is 0 Å². The SMILES string of the molecule is Nc1ccnc(N2C[C@@H]3[C@H](CNC(=O)COc4ccccc4)[C@H]4CC[C@]3(C2)O4)n1. The molecular formula is C21H25N5O3. The number of para-hydroxylation sites is 1. The number of anilines is 2. The van der Waals surface area contributed by atoms with Gasteiger partial charge in [0.15, 0.2) is 6.61 Å². The fourth-order valence-corrected chi connectivity index (χ4v) is 5.08. The van der Waals surface area contributed by atoms with Crippen LogP contribution in [0.2, 0.25) is 0 Å². The van der Waals surface area contributed by atoms with E-state index in [4.69, 9.17) is 15.2 Å². The van der Waals surface area contributed by atoms with Gasteiger partial charge in [-0.3, -0.25) is 4.79 Å². The number of nitrogen functional groups attached to an aromatic ring is 1. The quantitative estimate of drug-likeness (QED) is 0.758. The number of hydrogen-bond donors (Lipinski definition) is 2. The first-order valence-corrected chi connectivity index (χ1v) is 10.1. The largest absolute Gasteiger partial charge is 0.484 e. The Kier molecular flexibility index (Phi) is 4.50. The van der Waals surface area contributed by atoms with E-state index < -0.39 is 0 Å². The fraction of sp³-hybridized carbons (Fsp3) is 0.476. The molecule has 3 saturated heterocycles. The first kappa shape index (κ1) is 18.2. The Morgan fingerprint density at radius 1 is 1.34 bits per heavy atom. The summed E-state index contributed by atoms with van der Waals surface area (Å²) in [4.78, 5) is 23.2. The number of ether oxygens (including phenoxy) is 2. The van der Waals surface area contributed by atoms with Crippen LogP contribution >= 0.6 is 0 Å². The number of carbonyl (C=O) groups excluding carboxylic acids is 1. The van der Waals surface area contributed by atoms with Crippen molar-refractivity contribution in [3.63, 3.8) is 0 Å². The third-order valence-corrected chi connectivity index (χ3v) is 6.38. The maximum absolute atomic E-state index is 12.3. The van der Waals surface area contributed by atoms with E-state index in [1.54, 1.807) is 12.3 Å². The van der Waals surface area contributed by atoms with E-state index in [0.717, 1.165) is 25.9 Å². The Hall–Kier alpha value is -2.87. The second-order valence-corrected chi connectivity index (χ2v) is 8.10. The van der Waals surface area contributed by atoms with E-state index >= 15 is 0 Å². The highest BCUT2D eigenvalue weighted by molar-refractivity contribution is 5.77. The van der Waals surface area contributed by atoms with Gasteiger partial charge in [0, 0.05) is 31.1 Å². The number of rotatable bonds is 6. The summed E-state index contributed by atoms with van der Waals surface area (Å²) in [5.74, 6) is 2.34. The molecular weight excluding hydrogens is 370 g/mol. The molecule has 4 atom stereocenters. The molecule has 0 saturated carbocycles. The molecule has 1 aromatic heterocycles. The molecule has 0 aliphatic carbocycles. The Morgan fingerprint density at radius 3 is 3.03 bits per heavy atom. The van der Waals surface area contributed by atoms with Gasteiger partial charge in [-0.25, -0.2) is 4.98 Å². The lowest BCUT2D eigenvalue weighted by atomic mass is 9.73. The second-order valence-electron chi connectivity index (χ2n) is 8.10. The van der Waals surface area contributed by atoms with Gasteiger partial charge in [0.25, 0.3) is 5.91 Å². The average Bonchev–Trinajstić information content (AvgIpc) is 3.40. The van der Waals surface area contributed by atoms with Crippen molar-refractivity contribution in [2.75, 3.05) is 36.9 Å². The van der Waals surface area contributed by atoms with Crippen LogP contribution in [0, 0.1) is 11.8 Å². The van der Waals surface area contributed by atoms with Crippen LogP contribution in [0.15, 0.2) is 42.6 Å². The molecule has 152 valence electrons. The lowest BCUT2D eigenvalue weighted by Gasteiger charge is -2.29. The first-order valence-electron chi connectivity index (χ1n) is 10.1. The van der Waals surface area contributed by atoms with Crippen LogP contribution in [0.5, 0.6) is 5.75 Å². The van der Waals surface area contributed by atoms with Gasteiger partial charge in [-0.15, -0.1) is 0 Å². The van der Waals surface area contributed by atoms with Crippen molar-refractivity contribution in [2.24, 2.45) is 11.8 Å². The number of benzene rings is 1. The number of carbonyl (C=O) groups is 1. The van der Waals surface area contributed by atoms with Crippen LogP contribution in [0.3, 0.4) is 0 Å². The predicted molar refractivity (Wildman–Crippen MR) is 107 cm³/mol. The van der Waals surface area contributed by atoms with Gasteiger partial charge >= 0.3 is 0 Å². The lowest BCUT2D eigenvalue weighted by Crippen LogP contribution is -2.42. The molecule has 3 fully saturated rings. The van der Waals surface area contributed by atoms with Crippen molar-refractivity contribution < 1.29 is 14.3 Å². The zero-order chi connectivity index (χ0) is 19.8. The van der Waals surface area contributed by atoms with E-state index in [9.17, 15) is 4.79 Å². The lowest BCUT2D eigenvalue weighted by molar-refractivity contribution is -0.123. The normalized spacial score (nSPS) is 29.7.